The van der Waals surface area contributed by atoms with E-state index in [0.717, 1.165) is 16.7 Å². The van der Waals surface area contributed by atoms with Gasteiger partial charge in [-0.15, -0.1) is 11.8 Å². The summed E-state index contributed by atoms with van der Waals surface area (Å²) >= 11 is 1.05. The SMILES string of the molecule is COC(=O)[C@@H](N)CSCC(=O)N1CC([N+](=O)[O-])([N+](=O)[O-])C1. The Balaban J connectivity index is 2.38. The minimum atomic E-state index is -2.30. The van der Waals surface area contributed by atoms with Crippen molar-refractivity contribution in [3.8, 4) is 0 Å². The van der Waals surface area contributed by atoms with Gasteiger partial charge < -0.3 is 15.4 Å². The molecule has 1 atom stereocenters. The van der Waals surface area contributed by atoms with E-state index >= 15 is 0 Å². The monoisotopic (exact) mass is 322 g/mol. The second-order valence-electron chi connectivity index (χ2n) is 4.39. The van der Waals surface area contributed by atoms with Crippen LogP contribution in [-0.2, 0) is 14.3 Å². The second-order valence-corrected chi connectivity index (χ2v) is 5.42. The van der Waals surface area contributed by atoms with E-state index in [1.54, 1.807) is 0 Å². The predicted molar refractivity (Wildman–Crippen MR) is 70.6 cm³/mol. The zero-order chi connectivity index (χ0) is 16.2. The average Bonchev–Trinajstić information content (AvgIpc) is 2.35. The Kier molecular flexibility index (Phi) is 5.43. The van der Waals surface area contributed by atoms with Crippen molar-refractivity contribution < 1.29 is 24.2 Å². The third-order valence-corrected chi connectivity index (χ3v) is 3.99. The van der Waals surface area contributed by atoms with Gasteiger partial charge in [0.25, 0.3) is 0 Å². The molecule has 12 heteroatoms. The minimum Gasteiger partial charge on any atom is -0.468 e. The van der Waals surface area contributed by atoms with E-state index in [4.69, 9.17) is 5.73 Å². The zero-order valence-electron chi connectivity index (χ0n) is 11.1. The number of esters is 1. The van der Waals surface area contributed by atoms with Gasteiger partial charge in [0, 0.05) is 5.75 Å². The molecule has 2 N–H and O–H groups in total. The van der Waals surface area contributed by atoms with Gasteiger partial charge in [-0.2, -0.15) is 0 Å². The third-order valence-electron chi connectivity index (χ3n) is 2.95. The van der Waals surface area contributed by atoms with Crippen LogP contribution in [0.4, 0.5) is 0 Å². The number of ether oxygens (including phenoxy) is 1. The lowest BCUT2D eigenvalue weighted by Crippen LogP contribution is -2.71. The van der Waals surface area contributed by atoms with Crippen LogP contribution in [0.25, 0.3) is 0 Å². The summed E-state index contributed by atoms with van der Waals surface area (Å²) in [5.74, 6) is -1.02. The molecule has 0 unspecified atom stereocenters. The number of amides is 1. The molecule has 0 saturated carbocycles. The van der Waals surface area contributed by atoms with Crippen LogP contribution in [0.5, 0.6) is 0 Å². The van der Waals surface area contributed by atoms with Crippen molar-refractivity contribution in [2.45, 2.75) is 11.7 Å². The molecule has 0 aliphatic carbocycles. The highest BCUT2D eigenvalue weighted by Gasteiger charge is 2.67. The van der Waals surface area contributed by atoms with Crippen molar-refractivity contribution in [3.63, 3.8) is 0 Å². The quantitative estimate of drug-likeness (QED) is 0.250. The van der Waals surface area contributed by atoms with E-state index < -0.39 is 46.5 Å². The summed E-state index contributed by atoms with van der Waals surface area (Å²) in [4.78, 5) is 43.1. The standard InChI is InChI=1S/C9H14N4O7S/c1-20-8(15)6(10)2-21-3-7(14)11-4-9(5-11,12(16)17)13(18)19/h6H,2-5,10H2,1H3/t6-/m0/s1. The maximum Gasteiger partial charge on any atom is 0.492 e. The first-order chi connectivity index (χ1) is 9.74. The van der Waals surface area contributed by atoms with Gasteiger partial charge in [-0.3, -0.25) is 29.8 Å². The first-order valence-corrected chi connectivity index (χ1v) is 6.88. The lowest BCUT2D eigenvalue weighted by molar-refractivity contribution is -0.809. The first kappa shape index (κ1) is 17.1. The number of nitrogens with two attached hydrogens (primary N) is 1. The maximum atomic E-state index is 11.7. The van der Waals surface area contributed by atoms with E-state index in [9.17, 15) is 29.8 Å². The Morgan fingerprint density at radius 1 is 1.38 bits per heavy atom. The highest BCUT2D eigenvalue weighted by atomic mass is 32.2. The Morgan fingerprint density at radius 3 is 2.33 bits per heavy atom. The molecule has 1 amide bonds. The number of nitrogens with zero attached hydrogens (tertiary/aromatic N) is 3. The van der Waals surface area contributed by atoms with Gasteiger partial charge in [0.15, 0.2) is 13.1 Å². The van der Waals surface area contributed by atoms with Crippen LogP contribution in [0.2, 0.25) is 0 Å². The van der Waals surface area contributed by atoms with Gasteiger partial charge in [-0.1, -0.05) is 0 Å². The summed E-state index contributed by atoms with van der Waals surface area (Å²) in [6.45, 7) is -1.12. The van der Waals surface area contributed by atoms with Gasteiger partial charge in [-0.05, 0) is 0 Å². The normalized spacial score (nSPS) is 17.5. The molecule has 1 aliphatic heterocycles. The third kappa shape index (κ3) is 3.58. The van der Waals surface area contributed by atoms with Crippen LogP contribution < -0.4 is 5.73 Å². The Morgan fingerprint density at radius 2 is 1.90 bits per heavy atom. The molecule has 1 rings (SSSR count). The van der Waals surface area contributed by atoms with Crippen molar-refractivity contribution in [2.24, 2.45) is 5.73 Å². The Hall–Kier alpha value is -1.95. The van der Waals surface area contributed by atoms with Gasteiger partial charge in [0.1, 0.15) is 15.9 Å². The smallest absolute Gasteiger partial charge is 0.468 e. The number of hydrogen-bond acceptors (Lipinski definition) is 9. The molecule has 0 radical (unpaired) electrons. The molecular formula is C9H14N4O7S. The topological polar surface area (TPSA) is 159 Å². The predicted octanol–water partition coefficient (Wildman–Crippen LogP) is -1.69. The minimum absolute atomic E-state index is 0.0732. The number of nitro groups is 2. The van der Waals surface area contributed by atoms with E-state index in [0.29, 0.717) is 0 Å². The number of thioether (sulfide) groups is 1. The van der Waals surface area contributed by atoms with Crippen LogP contribution in [-0.4, -0.2) is 70.0 Å². The fourth-order valence-electron chi connectivity index (χ4n) is 1.62. The fourth-order valence-corrected chi connectivity index (χ4v) is 2.49. The molecule has 118 valence electrons. The van der Waals surface area contributed by atoms with Crippen LogP contribution in [0.3, 0.4) is 0 Å². The lowest BCUT2D eigenvalue weighted by Gasteiger charge is -2.35. The number of hydrogen-bond donors (Lipinski definition) is 1. The number of methoxy groups -OCH3 is 1. The van der Waals surface area contributed by atoms with Gasteiger partial charge in [-0.25, -0.2) is 0 Å². The molecule has 1 aliphatic rings. The molecular weight excluding hydrogens is 308 g/mol. The molecule has 0 bridgehead atoms. The van der Waals surface area contributed by atoms with Crippen molar-refractivity contribution in [2.75, 3.05) is 31.7 Å². The van der Waals surface area contributed by atoms with E-state index in [1.165, 1.54) is 7.11 Å². The molecule has 0 aromatic rings. The zero-order valence-corrected chi connectivity index (χ0v) is 11.9. The molecule has 0 spiro atoms. The van der Waals surface area contributed by atoms with Gasteiger partial charge in [0.2, 0.25) is 5.91 Å². The highest BCUT2D eigenvalue weighted by molar-refractivity contribution is 8.00. The number of likely N-dealkylation sites (tertiary alicyclic amines) is 1. The number of carbonyl (C=O) groups excluding carboxylic acids is 2. The molecule has 1 fully saturated rings. The van der Waals surface area contributed by atoms with Crippen LogP contribution in [0.1, 0.15) is 0 Å². The van der Waals surface area contributed by atoms with Crippen molar-refractivity contribution in [1.82, 2.24) is 4.90 Å². The van der Waals surface area contributed by atoms with E-state index in [-0.39, 0.29) is 11.5 Å². The van der Waals surface area contributed by atoms with Crippen molar-refractivity contribution in [3.05, 3.63) is 20.2 Å². The molecule has 21 heavy (non-hydrogen) atoms. The summed E-state index contributed by atoms with van der Waals surface area (Å²) in [5.41, 5.74) is 3.16. The fraction of sp³-hybridized carbons (Fsp3) is 0.778. The number of carbonyl (C=O) groups is 2. The largest absolute Gasteiger partial charge is 0.492 e. The second kappa shape index (κ2) is 6.67. The summed E-state index contributed by atoms with van der Waals surface area (Å²) in [7, 11) is 1.19. The van der Waals surface area contributed by atoms with Gasteiger partial charge in [0.05, 0.1) is 12.9 Å². The van der Waals surface area contributed by atoms with Gasteiger partial charge >= 0.3 is 11.6 Å². The van der Waals surface area contributed by atoms with Crippen molar-refractivity contribution >= 4 is 23.6 Å². The molecule has 0 aromatic heterocycles. The number of rotatable bonds is 7. The lowest BCUT2D eigenvalue weighted by atomic mass is 10.0. The van der Waals surface area contributed by atoms with Crippen LogP contribution in [0.15, 0.2) is 0 Å². The Labute approximate surface area is 123 Å². The van der Waals surface area contributed by atoms with Crippen molar-refractivity contribution in [1.29, 1.82) is 0 Å². The van der Waals surface area contributed by atoms with Crippen LogP contribution in [0, 0.1) is 20.2 Å². The summed E-state index contributed by atoms with van der Waals surface area (Å²) in [6.07, 6.45) is 0. The Bertz CT molecular complexity index is 449. The summed E-state index contributed by atoms with van der Waals surface area (Å²) in [6, 6.07) is -0.874. The molecule has 1 saturated heterocycles. The summed E-state index contributed by atoms with van der Waals surface area (Å²) < 4.78 is 4.41. The molecule has 0 aromatic carbocycles. The molecule has 1 heterocycles. The highest BCUT2D eigenvalue weighted by Crippen LogP contribution is 2.25. The average molecular weight is 322 g/mol. The van der Waals surface area contributed by atoms with Crippen LogP contribution >= 0.6 is 11.8 Å². The first-order valence-electron chi connectivity index (χ1n) is 5.72. The van der Waals surface area contributed by atoms with E-state index in [1.807, 2.05) is 0 Å². The maximum absolute atomic E-state index is 11.7. The summed E-state index contributed by atoms with van der Waals surface area (Å²) in [5, 5.41) is 21.4. The molecule has 11 nitrogen and oxygen atoms in total. The van der Waals surface area contributed by atoms with E-state index in [2.05, 4.69) is 4.74 Å².